The van der Waals surface area contributed by atoms with Crippen molar-refractivity contribution < 1.29 is 32.9 Å². The van der Waals surface area contributed by atoms with Crippen molar-refractivity contribution in [3.8, 4) is 5.75 Å². The van der Waals surface area contributed by atoms with Gasteiger partial charge in [-0.2, -0.15) is 0 Å². The summed E-state index contributed by atoms with van der Waals surface area (Å²) in [4.78, 5) is 6.73. The second-order valence-electron chi connectivity index (χ2n) is 13.1. The molecule has 4 heterocycles. The Morgan fingerprint density at radius 3 is 2.55 bits per heavy atom. The summed E-state index contributed by atoms with van der Waals surface area (Å²) in [7, 11) is 0. The predicted octanol–water partition coefficient (Wildman–Crippen LogP) is 1.19. The van der Waals surface area contributed by atoms with Gasteiger partial charge < -0.3 is 36.1 Å². The Hall–Kier alpha value is -1.95. The van der Waals surface area contributed by atoms with Gasteiger partial charge in [0.05, 0.1) is 49.3 Å². The number of rotatable bonds is 10. The molecule has 1 aliphatic carbocycles. The largest absolute Gasteiger partial charge is 0.573 e. The molecule has 4 unspecified atom stereocenters. The highest BCUT2D eigenvalue weighted by Crippen LogP contribution is 2.40. The molecule has 1 aromatic carbocycles. The molecule has 0 amide bonds. The minimum atomic E-state index is -4.72. The lowest BCUT2D eigenvalue weighted by Gasteiger charge is -2.46. The number of ether oxygens (including phenoxy) is 2. The minimum Gasteiger partial charge on any atom is -0.406 e. The van der Waals surface area contributed by atoms with E-state index in [1.165, 1.54) is 12.1 Å². The third-order valence-electron chi connectivity index (χ3n) is 10.0. The van der Waals surface area contributed by atoms with Crippen molar-refractivity contribution in [2.24, 2.45) is 11.7 Å². The number of alkyl halides is 3. The standard InChI is InChI=1S/C29H47F3N8O4/c1-4-38-13-35-26(33)23-27(38)40(14-34-23)28-25(42)24(41)21(43-28)12-39(15(2)3)17-9-16(10-17)5-8-22-36-19-7-6-18(11-20(19)37-22)44-29(30,31)32/h6-7,11,15-17,21-28,34-37,41-42H,4-5,8-10,12-14,33H2,1-3H3/t16-,17-,21-,22?,23?,24-,25-,26?,27?,28-/m1/s1. The van der Waals surface area contributed by atoms with Gasteiger partial charge >= 0.3 is 6.36 Å². The molecule has 0 spiro atoms. The highest BCUT2D eigenvalue weighted by molar-refractivity contribution is 5.75. The van der Waals surface area contributed by atoms with Crippen LogP contribution in [0.5, 0.6) is 5.75 Å². The van der Waals surface area contributed by atoms with Crippen molar-refractivity contribution in [2.75, 3.05) is 37.1 Å². The van der Waals surface area contributed by atoms with Crippen molar-refractivity contribution in [2.45, 2.75) is 114 Å². The van der Waals surface area contributed by atoms with Gasteiger partial charge in [-0.25, -0.2) is 4.90 Å². The van der Waals surface area contributed by atoms with Crippen LogP contribution < -0.4 is 31.7 Å². The van der Waals surface area contributed by atoms with Crippen molar-refractivity contribution in [1.29, 1.82) is 0 Å². The van der Waals surface area contributed by atoms with Gasteiger partial charge in [0, 0.05) is 24.7 Å². The van der Waals surface area contributed by atoms with Gasteiger partial charge in [-0.1, -0.05) is 6.92 Å². The first-order valence-corrected chi connectivity index (χ1v) is 15.8. The summed E-state index contributed by atoms with van der Waals surface area (Å²) in [5.41, 5.74) is 7.69. The van der Waals surface area contributed by atoms with Gasteiger partial charge in [-0.05, 0) is 64.1 Å². The lowest BCUT2D eigenvalue weighted by molar-refractivity contribution is -0.274. The fourth-order valence-corrected chi connectivity index (χ4v) is 7.62. The van der Waals surface area contributed by atoms with E-state index < -0.39 is 30.9 Å². The Kier molecular flexibility index (Phi) is 9.23. The van der Waals surface area contributed by atoms with E-state index in [0.29, 0.717) is 37.5 Å². The highest BCUT2D eigenvalue weighted by Gasteiger charge is 2.53. The Balaban J connectivity index is 0.990. The number of aliphatic hydroxyl groups excluding tert-OH is 2. The second-order valence-corrected chi connectivity index (χ2v) is 13.1. The summed E-state index contributed by atoms with van der Waals surface area (Å²) in [5.74, 6) is 0.291. The third-order valence-corrected chi connectivity index (χ3v) is 10.0. The van der Waals surface area contributed by atoms with E-state index >= 15 is 0 Å². The quantitative estimate of drug-likeness (QED) is 0.200. The zero-order valence-corrected chi connectivity index (χ0v) is 25.5. The summed E-state index contributed by atoms with van der Waals surface area (Å²) >= 11 is 0. The number of nitrogens with one attached hydrogen (secondary N) is 4. The van der Waals surface area contributed by atoms with Gasteiger partial charge in [0.15, 0.2) is 0 Å². The molecule has 4 fully saturated rings. The van der Waals surface area contributed by atoms with Crippen LogP contribution >= 0.6 is 0 Å². The van der Waals surface area contributed by atoms with E-state index in [0.717, 1.165) is 37.9 Å². The molecule has 0 aromatic heterocycles. The van der Waals surface area contributed by atoms with E-state index in [1.54, 1.807) is 6.07 Å². The normalized spacial score (nSPS) is 37.5. The Bertz CT molecular complexity index is 1140. The molecule has 5 aliphatic rings. The number of aliphatic hydroxyl groups is 2. The van der Waals surface area contributed by atoms with Crippen LogP contribution in [0, 0.1) is 5.92 Å². The van der Waals surface area contributed by atoms with Gasteiger partial charge in [0.25, 0.3) is 0 Å². The number of nitrogens with two attached hydrogens (primary N) is 1. The molecule has 44 heavy (non-hydrogen) atoms. The molecule has 8 atom stereocenters. The molecule has 12 nitrogen and oxygen atoms in total. The van der Waals surface area contributed by atoms with Crippen LogP contribution in [0.25, 0.3) is 0 Å². The molecule has 0 bridgehead atoms. The molecular weight excluding hydrogens is 581 g/mol. The lowest BCUT2D eigenvalue weighted by Crippen LogP contribution is -2.69. The maximum atomic E-state index is 12.6. The van der Waals surface area contributed by atoms with Crippen molar-refractivity contribution in [3.63, 3.8) is 0 Å². The van der Waals surface area contributed by atoms with Gasteiger partial charge in [-0.15, -0.1) is 13.2 Å². The molecule has 1 saturated carbocycles. The Labute approximate surface area is 256 Å². The van der Waals surface area contributed by atoms with Gasteiger partial charge in [-0.3, -0.25) is 20.4 Å². The summed E-state index contributed by atoms with van der Waals surface area (Å²) in [5, 5.41) is 35.6. The highest BCUT2D eigenvalue weighted by atomic mass is 19.4. The molecule has 248 valence electrons. The summed E-state index contributed by atoms with van der Waals surface area (Å²) < 4.78 is 48.2. The molecule has 15 heteroatoms. The summed E-state index contributed by atoms with van der Waals surface area (Å²) in [6, 6.07) is 4.87. The van der Waals surface area contributed by atoms with Crippen LogP contribution in [-0.2, 0) is 4.74 Å². The molecule has 1 aromatic rings. The number of hydrogen-bond donors (Lipinski definition) is 7. The molecule has 0 radical (unpaired) electrons. The minimum absolute atomic E-state index is 0.0144. The van der Waals surface area contributed by atoms with Gasteiger partial charge in [0.1, 0.15) is 30.3 Å². The molecule has 4 aliphatic heterocycles. The molecule has 3 saturated heterocycles. The van der Waals surface area contributed by atoms with Crippen molar-refractivity contribution >= 4 is 11.4 Å². The van der Waals surface area contributed by atoms with Gasteiger partial charge in [0.2, 0.25) is 0 Å². The first-order valence-electron chi connectivity index (χ1n) is 15.8. The monoisotopic (exact) mass is 628 g/mol. The Morgan fingerprint density at radius 1 is 1.09 bits per heavy atom. The van der Waals surface area contributed by atoms with E-state index in [9.17, 15) is 23.4 Å². The van der Waals surface area contributed by atoms with Crippen LogP contribution in [0.2, 0.25) is 0 Å². The van der Waals surface area contributed by atoms with Crippen molar-refractivity contribution in [1.82, 2.24) is 25.3 Å². The van der Waals surface area contributed by atoms with Crippen LogP contribution in [0.15, 0.2) is 18.2 Å². The van der Waals surface area contributed by atoms with Crippen molar-refractivity contribution in [3.05, 3.63) is 18.2 Å². The predicted molar refractivity (Wildman–Crippen MR) is 158 cm³/mol. The smallest absolute Gasteiger partial charge is 0.406 e. The van der Waals surface area contributed by atoms with E-state index in [1.807, 2.05) is 0 Å². The number of fused-ring (bicyclic) bond motifs is 2. The first-order chi connectivity index (χ1) is 20.9. The van der Waals surface area contributed by atoms with E-state index in [4.69, 9.17) is 10.5 Å². The lowest BCUT2D eigenvalue weighted by atomic mass is 9.76. The number of likely N-dealkylation sites (N-methyl/N-ethyl adjacent to an activating group) is 1. The first kappa shape index (κ1) is 32.0. The number of benzene rings is 1. The fraction of sp³-hybridized carbons (Fsp3) is 0.793. The second kappa shape index (κ2) is 12.7. The third kappa shape index (κ3) is 6.48. The van der Waals surface area contributed by atoms with E-state index in [2.05, 4.69) is 61.5 Å². The van der Waals surface area contributed by atoms with Crippen LogP contribution in [0.4, 0.5) is 24.5 Å². The zero-order valence-electron chi connectivity index (χ0n) is 25.5. The van der Waals surface area contributed by atoms with Crippen LogP contribution in [0.1, 0.15) is 46.5 Å². The van der Waals surface area contributed by atoms with E-state index in [-0.39, 0.29) is 36.3 Å². The summed E-state index contributed by atoms with van der Waals surface area (Å²) in [6.07, 6.45) is -4.34. The number of hydrogen-bond acceptors (Lipinski definition) is 12. The number of nitrogens with zero attached hydrogens (tertiary/aromatic N) is 3. The SMILES string of the molecule is CCN1CNC(N)C2NCN([C@@H]3O[C@H](CN(C(C)C)[C@H]4C[C@H](CCC5Nc6ccc(OC(F)(F)F)cc6N5)C4)[C@@H](O)[C@H]3O)C21. The average molecular weight is 629 g/mol. The van der Waals surface area contributed by atoms with Crippen LogP contribution in [-0.4, -0.2) is 119 Å². The average Bonchev–Trinajstić information content (AvgIpc) is 3.63. The summed E-state index contributed by atoms with van der Waals surface area (Å²) in [6.45, 7) is 8.89. The fourth-order valence-electron chi connectivity index (χ4n) is 7.62. The maximum Gasteiger partial charge on any atom is 0.573 e. The number of halogens is 3. The zero-order chi connectivity index (χ0) is 31.3. The molecular formula is C29H47F3N8O4. The molecule has 8 N–H and O–H groups in total. The van der Waals surface area contributed by atoms with Crippen LogP contribution in [0.3, 0.4) is 0 Å². The molecule has 6 rings (SSSR count). The Morgan fingerprint density at radius 2 is 1.84 bits per heavy atom. The topological polar surface area (TPSA) is 143 Å². The maximum absolute atomic E-state index is 12.6. The number of anilines is 2.